The van der Waals surface area contributed by atoms with Gasteiger partial charge in [-0.1, -0.05) is 18.2 Å². The first-order valence-corrected chi connectivity index (χ1v) is 6.99. The Balaban J connectivity index is 1.61. The van der Waals surface area contributed by atoms with Crippen molar-refractivity contribution in [2.45, 2.75) is 0 Å². The molecule has 0 aromatic heterocycles. The fourth-order valence-electron chi connectivity index (χ4n) is 1.75. The van der Waals surface area contributed by atoms with Crippen LogP contribution in [0.25, 0.3) is 0 Å². The zero-order valence-corrected chi connectivity index (χ0v) is 12.5. The highest BCUT2D eigenvalue weighted by atomic mass is 16.5. The number of rotatable bonds is 8. The van der Waals surface area contributed by atoms with E-state index >= 15 is 0 Å². The minimum atomic E-state index is -0.188. The molecule has 0 radical (unpaired) electrons. The lowest BCUT2D eigenvalue weighted by Crippen LogP contribution is -2.32. The van der Waals surface area contributed by atoms with Crippen molar-refractivity contribution in [2.75, 3.05) is 26.9 Å². The van der Waals surface area contributed by atoms with Gasteiger partial charge in [-0.15, -0.1) is 0 Å². The van der Waals surface area contributed by atoms with Crippen LogP contribution >= 0.6 is 0 Å². The number of carbonyl (C=O) groups is 1. The van der Waals surface area contributed by atoms with Gasteiger partial charge in [-0.3, -0.25) is 4.79 Å². The van der Waals surface area contributed by atoms with Gasteiger partial charge in [-0.05, 0) is 36.4 Å². The number of para-hydroxylation sites is 1. The molecule has 0 unspecified atom stereocenters. The van der Waals surface area contributed by atoms with Gasteiger partial charge < -0.3 is 19.5 Å². The van der Waals surface area contributed by atoms with Gasteiger partial charge in [0.1, 0.15) is 23.9 Å². The Morgan fingerprint density at radius 1 is 0.909 bits per heavy atom. The van der Waals surface area contributed by atoms with E-state index in [-0.39, 0.29) is 12.5 Å². The molecule has 5 heteroatoms. The summed E-state index contributed by atoms with van der Waals surface area (Å²) in [5.41, 5.74) is 0. The third kappa shape index (κ3) is 5.36. The fourth-order valence-corrected chi connectivity index (χ4v) is 1.75. The summed E-state index contributed by atoms with van der Waals surface area (Å²) in [6.45, 7) is 0.815. The highest BCUT2D eigenvalue weighted by Gasteiger charge is 2.02. The van der Waals surface area contributed by atoms with E-state index in [9.17, 15) is 4.79 Å². The molecule has 116 valence electrons. The van der Waals surface area contributed by atoms with Crippen LogP contribution in [0.4, 0.5) is 0 Å². The molecule has 0 spiro atoms. The van der Waals surface area contributed by atoms with Crippen LogP contribution in [0.2, 0.25) is 0 Å². The number of ether oxygens (including phenoxy) is 3. The smallest absolute Gasteiger partial charge is 0.258 e. The first kappa shape index (κ1) is 15.7. The van der Waals surface area contributed by atoms with Gasteiger partial charge in [0.15, 0.2) is 6.61 Å². The largest absolute Gasteiger partial charge is 0.497 e. The van der Waals surface area contributed by atoms with Crippen molar-refractivity contribution >= 4 is 5.91 Å². The second-order valence-electron chi connectivity index (χ2n) is 4.48. The summed E-state index contributed by atoms with van der Waals surface area (Å²) >= 11 is 0. The Hall–Kier alpha value is -2.69. The molecule has 0 aliphatic rings. The lowest BCUT2D eigenvalue weighted by atomic mass is 10.3. The minimum absolute atomic E-state index is 0.0301. The van der Waals surface area contributed by atoms with E-state index in [4.69, 9.17) is 14.2 Å². The van der Waals surface area contributed by atoms with Gasteiger partial charge in [-0.2, -0.15) is 0 Å². The van der Waals surface area contributed by atoms with Gasteiger partial charge >= 0.3 is 0 Å². The molecule has 0 saturated carbocycles. The molecule has 5 nitrogen and oxygen atoms in total. The summed E-state index contributed by atoms with van der Waals surface area (Å²) in [5.74, 6) is 1.96. The monoisotopic (exact) mass is 301 g/mol. The molecular formula is C17H19NO4. The Morgan fingerprint density at radius 3 is 2.23 bits per heavy atom. The lowest BCUT2D eigenvalue weighted by molar-refractivity contribution is -0.123. The van der Waals surface area contributed by atoms with Crippen LogP contribution in [-0.2, 0) is 4.79 Å². The molecule has 0 heterocycles. The molecule has 1 N–H and O–H groups in total. The van der Waals surface area contributed by atoms with Crippen molar-refractivity contribution < 1.29 is 19.0 Å². The molecule has 2 aromatic rings. The van der Waals surface area contributed by atoms with Crippen LogP contribution in [0.3, 0.4) is 0 Å². The average molecular weight is 301 g/mol. The summed E-state index contributed by atoms with van der Waals surface area (Å²) < 4.78 is 15.9. The standard InChI is InChI=1S/C17H19NO4/c1-20-14-7-9-16(10-8-14)22-13-17(19)18-11-12-21-15-5-3-2-4-6-15/h2-10H,11-13H2,1H3,(H,18,19). The number of nitrogens with one attached hydrogen (secondary N) is 1. The minimum Gasteiger partial charge on any atom is -0.497 e. The molecule has 22 heavy (non-hydrogen) atoms. The Labute approximate surface area is 129 Å². The second kappa shape index (κ2) is 8.56. The van der Waals surface area contributed by atoms with E-state index in [2.05, 4.69) is 5.32 Å². The summed E-state index contributed by atoms with van der Waals surface area (Å²) in [5, 5.41) is 2.73. The number of amides is 1. The fraction of sp³-hybridized carbons (Fsp3) is 0.235. The van der Waals surface area contributed by atoms with Crippen LogP contribution < -0.4 is 19.5 Å². The highest BCUT2D eigenvalue weighted by Crippen LogP contribution is 2.16. The van der Waals surface area contributed by atoms with Crippen LogP contribution in [-0.4, -0.2) is 32.8 Å². The van der Waals surface area contributed by atoms with Crippen LogP contribution in [0.15, 0.2) is 54.6 Å². The van der Waals surface area contributed by atoms with E-state index in [1.165, 1.54) is 0 Å². The van der Waals surface area contributed by atoms with E-state index in [0.29, 0.717) is 18.9 Å². The number of carbonyl (C=O) groups excluding carboxylic acids is 1. The summed E-state index contributed by atoms with van der Waals surface area (Å²) in [6.07, 6.45) is 0. The zero-order valence-electron chi connectivity index (χ0n) is 12.5. The van der Waals surface area contributed by atoms with E-state index in [1.54, 1.807) is 31.4 Å². The molecule has 0 bridgehead atoms. The molecule has 0 aliphatic heterocycles. The maximum atomic E-state index is 11.6. The number of hydrogen-bond acceptors (Lipinski definition) is 4. The normalized spacial score (nSPS) is 9.86. The second-order valence-corrected chi connectivity index (χ2v) is 4.48. The molecular weight excluding hydrogens is 282 g/mol. The summed E-state index contributed by atoms with van der Waals surface area (Å²) in [6, 6.07) is 16.5. The lowest BCUT2D eigenvalue weighted by Gasteiger charge is -2.09. The summed E-state index contributed by atoms with van der Waals surface area (Å²) in [7, 11) is 1.60. The third-order valence-electron chi connectivity index (χ3n) is 2.87. The van der Waals surface area contributed by atoms with Crippen molar-refractivity contribution in [2.24, 2.45) is 0 Å². The van der Waals surface area contributed by atoms with Gasteiger partial charge in [0.05, 0.1) is 13.7 Å². The quantitative estimate of drug-likeness (QED) is 0.760. The van der Waals surface area contributed by atoms with Crippen molar-refractivity contribution in [1.29, 1.82) is 0 Å². The number of hydrogen-bond donors (Lipinski definition) is 1. The zero-order chi connectivity index (χ0) is 15.6. The predicted octanol–water partition coefficient (Wildman–Crippen LogP) is 2.27. The molecule has 2 rings (SSSR count). The van der Waals surface area contributed by atoms with Gasteiger partial charge in [0.25, 0.3) is 5.91 Å². The van der Waals surface area contributed by atoms with Gasteiger partial charge in [0.2, 0.25) is 0 Å². The van der Waals surface area contributed by atoms with E-state index in [0.717, 1.165) is 11.5 Å². The Kier molecular flexibility index (Phi) is 6.11. The first-order valence-electron chi connectivity index (χ1n) is 6.99. The molecule has 0 saturated heterocycles. The predicted molar refractivity (Wildman–Crippen MR) is 83.4 cm³/mol. The first-order chi connectivity index (χ1) is 10.8. The van der Waals surface area contributed by atoms with Crippen molar-refractivity contribution in [3.8, 4) is 17.2 Å². The maximum Gasteiger partial charge on any atom is 0.258 e. The molecule has 1 amide bonds. The van der Waals surface area contributed by atoms with Gasteiger partial charge in [-0.25, -0.2) is 0 Å². The topological polar surface area (TPSA) is 56.8 Å². The van der Waals surface area contributed by atoms with E-state index < -0.39 is 0 Å². The van der Waals surface area contributed by atoms with Crippen LogP contribution in [0.5, 0.6) is 17.2 Å². The Morgan fingerprint density at radius 2 is 1.55 bits per heavy atom. The van der Waals surface area contributed by atoms with Crippen molar-refractivity contribution in [3.63, 3.8) is 0 Å². The van der Waals surface area contributed by atoms with E-state index in [1.807, 2.05) is 30.3 Å². The molecule has 0 atom stereocenters. The molecule has 0 aliphatic carbocycles. The molecule has 0 fully saturated rings. The Bertz CT molecular complexity index is 569. The highest BCUT2D eigenvalue weighted by molar-refractivity contribution is 5.77. The third-order valence-corrected chi connectivity index (χ3v) is 2.87. The average Bonchev–Trinajstić information content (AvgIpc) is 2.58. The SMILES string of the molecule is COc1ccc(OCC(=O)NCCOc2ccccc2)cc1. The summed E-state index contributed by atoms with van der Waals surface area (Å²) in [4.78, 5) is 11.6. The van der Waals surface area contributed by atoms with Crippen LogP contribution in [0.1, 0.15) is 0 Å². The van der Waals surface area contributed by atoms with Crippen LogP contribution in [0, 0.1) is 0 Å². The van der Waals surface area contributed by atoms with Gasteiger partial charge in [0, 0.05) is 0 Å². The maximum absolute atomic E-state index is 11.6. The van der Waals surface area contributed by atoms with Crippen molar-refractivity contribution in [1.82, 2.24) is 5.32 Å². The number of benzene rings is 2. The number of methoxy groups -OCH3 is 1. The molecule has 2 aromatic carbocycles. The van der Waals surface area contributed by atoms with Crippen molar-refractivity contribution in [3.05, 3.63) is 54.6 Å².